The maximum atomic E-state index is 4.35. The second-order valence-corrected chi connectivity index (χ2v) is 3.84. The van der Waals surface area contributed by atoms with Crippen molar-refractivity contribution in [2.24, 2.45) is 0 Å². The molecule has 0 saturated heterocycles. The van der Waals surface area contributed by atoms with Gasteiger partial charge in [0.2, 0.25) is 0 Å². The van der Waals surface area contributed by atoms with Crippen LogP contribution in [0.15, 0.2) is 54.7 Å². The summed E-state index contributed by atoms with van der Waals surface area (Å²) in [6.07, 6.45) is 16.9. The van der Waals surface area contributed by atoms with Crippen LogP contribution >= 0.6 is 0 Å². The van der Waals surface area contributed by atoms with Gasteiger partial charge in [0.15, 0.2) is 0 Å². The first-order valence-electron chi connectivity index (χ1n) is 5.19. The van der Waals surface area contributed by atoms with Crippen LogP contribution in [0.5, 0.6) is 0 Å². The number of allylic oxidation sites excluding steroid dienone is 8. The van der Waals surface area contributed by atoms with Gasteiger partial charge in [-0.1, -0.05) is 48.6 Å². The Morgan fingerprint density at radius 2 is 1.47 bits per heavy atom. The zero-order valence-corrected chi connectivity index (χ0v) is 8.30. The highest BCUT2D eigenvalue weighted by molar-refractivity contribution is 5.36. The second kappa shape index (κ2) is 3.39. The molecular formula is C13H12N2. The van der Waals surface area contributed by atoms with Crippen LogP contribution < -0.4 is 0 Å². The zero-order valence-electron chi connectivity index (χ0n) is 8.30. The van der Waals surface area contributed by atoms with Crippen LogP contribution in [0.25, 0.3) is 0 Å². The van der Waals surface area contributed by atoms with Crippen molar-refractivity contribution in [3.05, 3.63) is 66.1 Å². The molecule has 0 fully saturated rings. The number of rotatable bonds is 2. The Balaban J connectivity index is 1.87. The van der Waals surface area contributed by atoms with Crippen LogP contribution in [0.3, 0.4) is 0 Å². The molecule has 0 atom stereocenters. The van der Waals surface area contributed by atoms with E-state index in [0.717, 1.165) is 5.69 Å². The highest BCUT2D eigenvalue weighted by Gasteiger charge is 2.14. The summed E-state index contributed by atoms with van der Waals surface area (Å²) >= 11 is 0. The molecule has 1 N–H and O–H groups in total. The molecular weight excluding hydrogens is 184 g/mol. The van der Waals surface area contributed by atoms with Crippen molar-refractivity contribution in [3.8, 4) is 0 Å². The second-order valence-electron chi connectivity index (χ2n) is 3.84. The molecule has 2 nitrogen and oxygen atoms in total. The Bertz CT molecular complexity index is 408. The van der Waals surface area contributed by atoms with Gasteiger partial charge in [-0.3, -0.25) is 5.10 Å². The van der Waals surface area contributed by atoms with Crippen molar-refractivity contribution >= 4 is 0 Å². The molecule has 0 amide bonds. The van der Waals surface area contributed by atoms with Gasteiger partial charge in [0.05, 0.1) is 5.69 Å². The van der Waals surface area contributed by atoms with Crippen LogP contribution in [-0.4, -0.2) is 10.2 Å². The summed E-state index contributed by atoms with van der Waals surface area (Å²) in [5, 5.41) is 7.45. The average Bonchev–Trinajstić information content (AvgIpc) is 3.02. The fourth-order valence-electron chi connectivity index (χ4n) is 1.96. The molecule has 1 aromatic rings. The summed E-state index contributed by atoms with van der Waals surface area (Å²) in [6, 6.07) is 2.15. The Labute approximate surface area is 88.7 Å². The van der Waals surface area contributed by atoms with Gasteiger partial charge >= 0.3 is 0 Å². The quantitative estimate of drug-likeness (QED) is 0.774. The predicted octanol–water partition coefficient (Wildman–Crippen LogP) is 2.83. The normalized spacial score (nSPS) is 19.7. The Kier molecular flexibility index (Phi) is 1.91. The van der Waals surface area contributed by atoms with Crippen molar-refractivity contribution < 1.29 is 0 Å². The first kappa shape index (κ1) is 8.48. The lowest BCUT2D eigenvalue weighted by Crippen LogP contribution is -1.88. The standard InChI is InChI=1S/C13H12N2/c1-2-6-10(5-1)12-9-13(15-14-12)11-7-3-4-8-11/h1-11H,(H,14,15). The van der Waals surface area contributed by atoms with Gasteiger partial charge < -0.3 is 0 Å². The molecule has 0 bridgehead atoms. The molecule has 3 rings (SSSR count). The Morgan fingerprint density at radius 3 is 2.13 bits per heavy atom. The molecule has 2 heteroatoms. The number of nitrogens with one attached hydrogen (secondary N) is 1. The number of hydrogen-bond donors (Lipinski definition) is 1. The third-order valence-corrected chi connectivity index (χ3v) is 2.81. The summed E-state index contributed by atoms with van der Waals surface area (Å²) in [6.45, 7) is 0. The van der Waals surface area contributed by atoms with E-state index in [0.29, 0.717) is 11.8 Å². The number of aromatic nitrogens is 2. The van der Waals surface area contributed by atoms with E-state index in [2.05, 4.69) is 64.9 Å². The maximum absolute atomic E-state index is 4.35. The summed E-state index contributed by atoms with van der Waals surface area (Å²) in [5.41, 5.74) is 2.27. The smallest absolute Gasteiger partial charge is 0.0732 e. The van der Waals surface area contributed by atoms with Crippen LogP contribution in [0, 0.1) is 0 Å². The van der Waals surface area contributed by atoms with E-state index < -0.39 is 0 Å². The average molecular weight is 196 g/mol. The molecule has 1 aromatic heterocycles. The summed E-state index contributed by atoms with van der Waals surface area (Å²) < 4.78 is 0. The van der Waals surface area contributed by atoms with E-state index in [1.165, 1.54) is 5.69 Å². The van der Waals surface area contributed by atoms with E-state index in [1.54, 1.807) is 0 Å². The Hall–Kier alpha value is -1.83. The lowest BCUT2D eigenvalue weighted by molar-refractivity contribution is 0.917. The predicted molar refractivity (Wildman–Crippen MR) is 60.6 cm³/mol. The van der Waals surface area contributed by atoms with Gasteiger partial charge in [-0.2, -0.15) is 5.10 Å². The third kappa shape index (κ3) is 1.48. The summed E-state index contributed by atoms with van der Waals surface area (Å²) in [7, 11) is 0. The van der Waals surface area contributed by atoms with Crippen molar-refractivity contribution in [1.82, 2.24) is 10.2 Å². The first-order valence-corrected chi connectivity index (χ1v) is 5.19. The molecule has 0 radical (unpaired) electrons. The summed E-state index contributed by atoms with van der Waals surface area (Å²) in [5.74, 6) is 0.727. The molecule has 2 aliphatic carbocycles. The Morgan fingerprint density at radius 1 is 0.867 bits per heavy atom. The monoisotopic (exact) mass is 196 g/mol. The molecule has 0 unspecified atom stereocenters. The third-order valence-electron chi connectivity index (χ3n) is 2.81. The minimum absolute atomic E-state index is 0.351. The van der Waals surface area contributed by atoms with Crippen molar-refractivity contribution in [1.29, 1.82) is 0 Å². The molecule has 0 aliphatic heterocycles. The molecule has 1 heterocycles. The van der Waals surface area contributed by atoms with Gasteiger partial charge in [0.25, 0.3) is 0 Å². The molecule has 74 valence electrons. The highest BCUT2D eigenvalue weighted by atomic mass is 15.1. The van der Waals surface area contributed by atoms with Crippen molar-refractivity contribution in [3.63, 3.8) is 0 Å². The number of nitrogens with zero attached hydrogens (tertiary/aromatic N) is 1. The lowest BCUT2D eigenvalue weighted by Gasteiger charge is -1.99. The molecule has 15 heavy (non-hydrogen) atoms. The fourth-order valence-corrected chi connectivity index (χ4v) is 1.96. The largest absolute Gasteiger partial charge is 0.281 e. The highest BCUT2D eigenvalue weighted by Crippen LogP contribution is 2.26. The molecule has 0 saturated carbocycles. The number of aromatic amines is 1. The van der Waals surface area contributed by atoms with E-state index >= 15 is 0 Å². The van der Waals surface area contributed by atoms with Gasteiger partial charge in [0.1, 0.15) is 0 Å². The molecule has 0 aromatic carbocycles. The fraction of sp³-hybridized carbons (Fsp3) is 0.154. The van der Waals surface area contributed by atoms with Gasteiger partial charge in [-0.05, 0) is 6.07 Å². The van der Waals surface area contributed by atoms with Crippen LogP contribution in [-0.2, 0) is 0 Å². The number of H-pyrrole nitrogens is 1. The van der Waals surface area contributed by atoms with E-state index in [1.807, 2.05) is 0 Å². The molecule has 0 spiro atoms. The van der Waals surface area contributed by atoms with Crippen molar-refractivity contribution in [2.45, 2.75) is 11.8 Å². The topological polar surface area (TPSA) is 28.7 Å². The van der Waals surface area contributed by atoms with E-state index in [-0.39, 0.29) is 0 Å². The first-order chi connectivity index (χ1) is 7.43. The number of hydrogen-bond acceptors (Lipinski definition) is 1. The summed E-state index contributed by atoms with van der Waals surface area (Å²) in [4.78, 5) is 0. The minimum atomic E-state index is 0.351. The van der Waals surface area contributed by atoms with Crippen molar-refractivity contribution in [2.75, 3.05) is 0 Å². The van der Waals surface area contributed by atoms with Gasteiger partial charge in [-0.15, -0.1) is 0 Å². The minimum Gasteiger partial charge on any atom is -0.281 e. The van der Waals surface area contributed by atoms with E-state index in [9.17, 15) is 0 Å². The van der Waals surface area contributed by atoms with Gasteiger partial charge in [0, 0.05) is 17.5 Å². The van der Waals surface area contributed by atoms with Crippen LogP contribution in [0.4, 0.5) is 0 Å². The molecule has 2 aliphatic rings. The van der Waals surface area contributed by atoms with Gasteiger partial charge in [-0.25, -0.2) is 0 Å². The van der Waals surface area contributed by atoms with Crippen LogP contribution in [0.2, 0.25) is 0 Å². The van der Waals surface area contributed by atoms with Crippen LogP contribution in [0.1, 0.15) is 23.2 Å². The SMILES string of the molecule is C1=CC(c2cc(C3C=CC=C3)[nH]n2)C=C1. The van der Waals surface area contributed by atoms with E-state index in [4.69, 9.17) is 0 Å². The maximum Gasteiger partial charge on any atom is 0.0732 e. The zero-order chi connectivity index (χ0) is 10.1. The lowest BCUT2D eigenvalue weighted by atomic mass is 10.0.